The van der Waals surface area contributed by atoms with Crippen molar-refractivity contribution in [3.05, 3.63) is 50.9 Å². The number of aromatic nitrogens is 2. The molecule has 4 rings (SSSR count). The molecule has 1 amide bonds. The Balaban J connectivity index is 1.73. The van der Waals surface area contributed by atoms with Gasteiger partial charge in [-0.05, 0) is 37.3 Å². The number of amides is 1. The van der Waals surface area contributed by atoms with Crippen molar-refractivity contribution in [2.75, 3.05) is 5.32 Å². The first kappa shape index (κ1) is 14.7. The van der Waals surface area contributed by atoms with E-state index in [1.54, 1.807) is 11.3 Å². The highest BCUT2D eigenvalue weighted by Gasteiger charge is 2.16. The summed E-state index contributed by atoms with van der Waals surface area (Å²) in [7, 11) is 0. The van der Waals surface area contributed by atoms with E-state index < -0.39 is 0 Å². The van der Waals surface area contributed by atoms with E-state index >= 15 is 0 Å². The van der Waals surface area contributed by atoms with Gasteiger partial charge in [-0.1, -0.05) is 22.0 Å². The van der Waals surface area contributed by atoms with E-state index in [9.17, 15) is 4.79 Å². The molecule has 0 saturated heterocycles. The third kappa shape index (κ3) is 2.75. The van der Waals surface area contributed by atoms with Gasteiger partial charge in [0, 0.05) is 10.2 Å². The summed E-state index contributed by atoms with van der Waals surface area (Å²) in [5.74, 6) is -0.204. The Morgan fingerprint density at radius 2 is 2.04 bits per heavy atom. The first-order valence-corrected chi connectivity index (χ1v) is 9.26. The number of anilines is 1. The van der Waals surface area contributed by atoms with Crippen LogP contribution in [0, 0.1) is 6.92 Å². The predicted molar refractivity (Wildman–Crippen MR) is 99.6 cm³/mol. The summed E-state index contributed by atoms with van der Waals surface area (Å²) in [4.78, 5) is 21.5. The standard InChI is InChI=1S/C16H10BrN3OS2/c1-8-18-13-12(22-8)6-5-11-14(13)23-16(20-11)15(21)19-10-4-2-3-9(17)7-10/h2-7H,1H3,(H,19,21). The van der Waals surface area contributed by atoms with E-state index in [-0.39, 0.29) is 5.91 Å². The lowest BCUT2D eigenvalue weighted by Crippen LogP contribution is -2.11. The number of rotatable bonds is 2. The second-order valence-electron chi connectivity index (χ2n) is 4.98. The molecular weight excluding hydrogens is 394 g/mol. The largest absolute Gasteiger partial charge is 0.320 e. The molecule has 0 aliphatic rings. The smallest absolute Gasteiger partial charge is 0.284 e. The van der Waals surface area contributed by atoms with Crippen LogP contribution in [0.3, 0.4) is 0 Å². The normalized spacial score (nSPS) is 11.2. The molecule has 0 spiro atoms. The van der Waals surface area contributed by atoms with Crippen molar-refractivity contribution < 1.29 is 4.79 Å². The topological polar surface area (TPSA) is 54.9 Å². The first-order valence-electron chi connectivity index (χ1n) is 6.84. The fourth-order valence-electron chi connectivity index (χ4n) is 2.34. The van der Waals surface area contributed by atoms with Gasteiger partial charge in [0.2, 0.25) is 0 Å². The molecule has 0 fully saturated rings. The van der Waals surface area contributed by atoms with Crippen LogP contribution < -0.4 is 5.32 Å². The fourth-order valence-corrected chi connectivity index (χ4v) is 4.59. The second kappa shape index (κ2) is 5.67. The average Bonchev–Trinajstić information content (AvgIpc) is 3.09. The molecule has 2 aromatic heterocycles. The summed E-state index contributed by atoms with van der Waals surface area (Å²) in [6.07, 6.45) is 0. The molecule has 1 N–H and O–H groups in total. The quantitative estimate of drug-likeness (QED) is 0.498. The summed E-state index contributed by atoms with van der Waals surface area (Å²) in [5.41, 5.74) is 2.48. The summed E-state index contributed by atoms with van der Waals surface area (Å²) < 4.78 is 3.00. The Morgan fingerprint density at radius 1 is 1.17 bits per heavy atom. The van der Waals surface area contributed by atoms with Crippen LogP contribution in [0.4, 0.5) is 5.69 Å². The van der Waals surface area contributed by atoms with Crippen LogP contribution in [-0.4, -0.2) is 15.9 Å². The van der Waals surface area contributed by atoms with Gasteiger partial charge < -0.3 is 5.32 Å². The van der Waals surface area contributed by atoms with E-state index in [1.807, 2.05) is 43.3 Å². The van der Waals surface area contributed by atoms with Crippen LogP contribution in [0.25, 0.3) is 20.4 Å². The van der Waals surface area contributed by atoms with E-state index in [2.05, 4.69) is 31.2 Å². The third-order valence-electron chi connectivity index (χ3n) is 3.30. The van der Waals surface area contributed by atoms with Gasteiger partial charge in [-0.15, -0.1) is 22.7 Å². The van der Waals surface area contributed by atoms with Gasteiger partial charge in [0.25, 0.3) is 5.91 Å². The maximum Gasteiger partial charge on any atom is 0.284 e. The minimum atomic E-state index is -0.204. The molecule has 0 bridgehead atoms. The number of benzene rings is 2. The SMILES string of the molecule is Cc1nc2c(ccc3nc(C(=O)Nc4cccc(Br)c4)sc32)s1. The van der Waals surface area contributed by atoms with Gasteiger partial charge in [-0.2, -0.15) is 0 Å². The fraction of sp³-hybridized carbons (Fsp3) is 0.0625. The number of hydrogen-bond acceptors (Lipinski definition) is 5. The van der Waals surface area contributed by atoms with Crippen LogP contribution in [0.15, 0.2) is 40.9 Å². The zero-order valence-electron chi connectivity index (χ0n) is 12.0. The number of carbonyl (C=O) groups excluding carboxylic acids is 1. The minimum absolute atomic E-state index is 0.204. The Hall–Kier alpha value is -1.83. The minimum Gasteiger partial charge on any atom is -0.320 e. The van der Waals surface area contributed by atoms with Crippen molar-refractivity contribution in [2.24, 2.45) is 0 Å². The lowest BCUT2D eigenvalue weighted by molar-refractivity contribution is 0.102. The van der Waals surface area contributed by atoms with Gasteiger partial charge >= 0.3 is 0 Å². The molecule has 23 heavy (non-hydrogen) atoms. The van der Waals surface area contributed by atoms with Crippen LogP contribution in [0.2, 0.25) is 0 Å². The van der Waals surface area contributed by atoms with Gasteiger partial charge in [0.05, 0.1) is 19.9 Å². The monoisotopic (exact) mass is 403 g/mol. The maximum absolute atomic E-state index is 12.4. The summed E-state index contributed by atoms with van der Waals surface area (Å²) in [6.45, 7) is 1.98. The van der Waals surface area contributed by atoms with Crippen molar-refractivity contribution in [3.8, 4) is 0 Å². The molecule has 4 nitrogen and oxygen atoms in total. The summed E-state index contributed by atoms with van der Waals surface area (Å²) in [5, 5.41) is 4.33. The van der Waals surface area contributed by atoms with Crippen LogP contribution in [0.1, 0.15) is 14.8 Å². The molecule has 0 aliphatic carbocycles. The number of carbonyl (C=O) groups is 1. The van der Waals surface area contributed by atoms with Crippen molar-refractivity contribution in [1.82, 2.24) is 9.97 Å². The van der Waals surface area contributed by atoms with E-state index in [1.165, 1.54) is 11.3 Å². The number of nitrogens with zero attached hydrogens (tertiary/aromatic N) is 2. The number of hydrogen-bond donors (Lipinski definition) is 1. The van der Waals surface area contributed by atoms with Gasteiger partial charge in [0.15, 0.2) is 5.01 Å². The molecule has 0 atom stereocenters. The van der Waals surface area contributed by atoms with Gasteiger partial charge in [0.1, 0.15) is 5.52 Å². The number of nitrogens with one attached hydrogen (secondary N) is 1. The summed E-state index contributed by atoms with van der Waals surface area (Å²) >= 11 is 6.43. The van der Waals surface area contributed by atoms with Gasteiger partial charge in [-0.3, -0.25) is 4.79 Å². The lowest BCUT2D eigenvalue weighted by atomic mass is 10.3. The predicted octanol–water partition coefficient (Wildman–Crippen LogP) is 5.23. The Morgan fingerprint density at radius 3 is 2.87 bits per heavy atom. The second-order valence-corrected chi connectivity index (χ2v) is 8.13. The Kier molecular flexibility index (Phi) is 3.63. The van der Waals surface area contributed by atoms with Gasteiger partial charge in [-0.25, -0.2) is 9.97 Å². The van der Waals surface area contributed by atoms with Crippen LogP contribution in [-0.2, 0) is 0 Å². The number of thiazole rings is 2. The Labute approximate surface area is 148 Å². The molecular formula is C16H10BrN3OS2. The molecule has 0 radical (unpaired) electrons. The zero-order valence-corrected chi connectivity index (χ0v) is 15.2. The van der Waals surface area contributed by atoms with Crippen molar-refractivity contribution in [2.45, 2.75) is 6.92 Å². The first-order chi connectivity index (χ1) is 11.1. The van der Waals surface area contributed by atoms with Crippen molar-refractivity contribution >= 4 is 70.6 Å². The Bertz CT molecular complexity index is 1050. The third-order valence-corrected chi connectivity index (χ3v) is 5.80. The average molecular weight is 404 g/mol. The lowest BCUT2D eigenvalue weighted by Gasteiger charge is -2.02. The highest BCUT2D eigenvalue weighted by molar-refractivity contribution is 9.10. The molecule has 2 heterocycles. The molecule has 7 heteroatoms. The zero-order chi connectivity index (χ0) is 16.0. The van der Waals surface area contributed by atoms with Crippen LogP contribution >= 0.6 is 38.6 Å². The highest BCUT2D eigenvalue weighted by Crippen LogP contribution is 2.33. The number of halogens is 1. The van der Waals surface area contributed by atoms with Crippen molar-refractivity contribution in [3.63, 3.8) is 0 Å². The maximum atomic E-state index is 12.4. The van der Waals surface area contributed by atoms with E-state index in [0.717, 1.165) is 35.6 Å². The molecule has 4 aromatic rings. The number of aryl methyl sites for hydroxylation is 1. The highest BCUT2D eigenvalue weighted by atomic mass is 79.9. The van der Waals surface area contributed by atoms with E-state index in [4.69, 9.17) is 0 Å². The molecule has 0 aliphatic heterocycles. The molecule has 114 valence electrons. The van der Waals surface area contributed by atoms with Crippen molar-refractivity contribution in [1.29, 1.82) is 0 Å². The molecule has 0 unspecified atom stereocenters. The number of fused-ring (bicyclic) bond motifs is 3. The van der Waals surface area contributed by atoms with Crippen LogP contribution in [0.5, 0.6) is 0 Å². The molecule has 0 saturated carbocycles. The van der Waals surface area contributed by atoms with E-state index in [0.29, 0.717) is 5.01 Å². The summed E-state index contributed by atoms with van der Waals surface area (Å²) in [6, 6.07) is 11.4. The molecule has 2 aromatic carbocycles.